The van der Waals surface area contributed by atoms with E-state index in [4.69, 9.17) is 4.74 Å². The lowest BCUT2D eigenvalue weighted by atomic mass is 9.96. The lowest BCUT2D eigenvalue weighted by Gasteiger charge is -2.26. The molecule has 0 bridgehead atoms. The van der Waals surface area contributed by atoms with E-state index >= 15 is 0 Å². The Hall–Kier alpha value is -0.0400. The molecule has 120 valence electrons. The number of guanidine groups is 1. The van der Waals surface area contributed by atoms with Crippen molar-refractivity contribution < 1.29 is 4.74 Å². The van der Waals surface area contributed by atoms with Gasteiger partial charge in [0.2, 0.25) is 0 Å². The molecule has 0 amide bonds. The van der Waals surface area contributed by atoms with Crippen molar-refractivity contribution in [1.29, 1.82) is 0 Å². The van der Waals surface area contributed by atoms with Gasteiger partial charge in [0.05, 0.1) is 0 Å². The Balaban J connectivity index is 0.00000361. The topological polar surface area (TPSA) is 36.9 Å². The van der Waals surface area contributed by atoms with Gasteiger partial charge in [-0.25, -0.2) is 0 Å². The zero-order chi connectivity index (χ0) is 13.9. The van der Waals surface area contributed by atoms with E-state index in [1.165, 1.54) is 38.5 Å². The van der Waals surface area contributed by atoms with Crippen molar-refractivity contribution in [3.8, 4) is 0 Å². The van der Waals surface area contributed by atoms with Crippen LogP contribution in [0.3, 0.4) is 0 Å². The standard InChI is InChI=1S/C15H31N3O.HI/c1-4-5-6-10-17-15(16-2)18(3)11-7-14-8-12-19-13-9-14;/h14H,4-13H2,1-3H3,(H,16,17);1H. The smallest absolute Gasteiger partial charge is 0.193 e. The van der Waals surface area contributed by atoms with Crippen molar-refractivity contribution in [2.24, 2.45) is 10.9 Å². The quantitative estimate of drug-likeness (QED) is 0.311. The molecular formula is C15H32IN3O. The summed E-state index contributed by atoms with van der Waals surface area (Å²) in [7, 11) is 4.00. The maximum atomic E-state index is 5.40. The lowest BCUT2D eigenvalue weighted by Crippen LogP contribution is -2.40. The number of nitrogens with zero attached hydrogens (tertiary/aromatic N) is 2. The number of rotatable bonds is 7. The van der Waals surface area contributed by atoms with Crippen molar-refractivity contribution in [2.75, 3.05) is 40.4 Å². The Labute approximate surface area is 141 Å². The van der Waals surface area contributed by atoms with Gasteiger partial charge in [0.15, 0.2) is 5.96 Å². The van der Waals surface area contributed by atoms with E-state index in [1.807, 2.05) is 7.05 Å². The third-order valence-electron chi connectivity index (χ3n) is 3.85. The molecule has 20 heavy (non-hydrogen) atoms. The predicted octanol–water partition coefficient (Wildman–Crippen LogP) is 3.12. The highest BCUT2D eigenvalue weighted by Crippen LogP contribution is 2.18. The molecule has 1 fully saturated rings. The number of hydrogen-bond donors (Lipinski definition) is 1. The Kier molecular flexibility index (Phi) is 12.7. The maximum absolute atomic E-state index is 5.40. The molecule has 1 saturated heterocycles. The molecule has 5 heteroatoms. The van der Waals surface area contributed by atoms with E-state index in [9.17, 15) is 0 Å². The van der Waals surface area contributed by atoms with Gasteiger partial charge < -0.3 is 15.0 Å². The Morgan fingerprint density at radius 1 is 1.30 bits per heavy atom. The molecule has 0 saturated carbocycles. The molecule has 0 aromatic rings. The summed E-state index contributed by atoms with van der Waals surface area (Å²) < 4.78 is 5.40. The average Bonchev–Trinajstić information content (AvgIpc) is 2.46. The zero-order valence-corrected chi connectivity index (χ0v) is 15.7. The van der Waals surface area contributed by atoms with Gasteiger partial charge in [-0.1, -0.05) is 19.8 Å². The van der Waals surface area contributed by atoms with E-state index in [2.05, 4.69) is 29.2 Å². The van der Waals surface area contributed by atoms with Crippen LogP contribution < -0.4 is 5.32 Å². The van der Waals surface area contributed by atoms with Gasteiger partial charge in [-0.3, -0.25) is 4.99 Å². The summed E-state index contributed by atoms with van der Waals surface area (Å²) in [6.07, 6.45) is 7.46. The second-order valence-corrected chi connectivity index (χ2v) is 5.45. The summed E-state index contributed by atoms with van der Waals surface area (Å²) in [5.74, 6) is 1.86. The molecular weight excluding hydrogens is 365 g/mol. The fraction of sp³-hybridized carbons (Fsp3) is 0.933. The minimum absolute atomic E-state index is 0. The van der Waals surface area contributed by atoms with Crippen molar-refractivity contribution in [3.63, 3.8) is 0 Å². The zero-order valence-electron chi connectivity index (χ0n) is 13.4. The molecule has 1 rings (SSSR count). The normalized spacial score (nSPS) is 16.6. The van der Waals surface area contributed by atoms with Gasteiger partial charge >= 0.3 is 0 Å². The fourth-order valence-electron chi connectivity index (χ4n) is 2.48. The fourth-order valence-corrected chi connectivity index (χ4v) is 2.48. The molecule has 0 aromatic carbocycles. The van der Waals surface area contributed by atoms with Gasteiger partial charge in [-0.15, -0.1) is 24.0 Å². The molecule has 0 spiro atoms. The van der Waals surface area contributed by atoms with Crippen LogP contribution in [0.5, 0.6) is 0 Å². The van der Waals surface area contributed by atoms with Crippen LogP contribution in [-0.4, -0.2) is 51.3 Å². The van der Waals surface area contributed by atoms with Crippen LogP contribution in [0.15, 0.2) is 4.99 Å². The van der Waals surface area contributed by atoms with Gasteiger partial charge in [0.1, 0.15) is 0 Å². The minimum Gasteiger partial charge on any atom is -0.381 e. The summed E-state index contributed by atoms with van der Waals surface area (Å²) >= 11 is 0. The van der Waals surface area contributed by atoms with Gasteiger partial charge in [-0.05, 0) is 31.6 Å². The highest BCUT2D eigenvalue weighted by molar-refractivity contribution is 14.0. The van der Waals surface area contributed by atoms with E-state index in [0.29, 0.717) is 0 Å². The monoisotopic (exact) mass is 397 g/mol. The number of ether oxygens (including phenoxy) is 1. The molecule has 1 aliphatic rings. The van der Waals surface area contributed by atoms with Crippen molar-refractivity contribution in [2.45, 2.75) is 45.4 Å². The first-order valence-corrected chi connectivity index (χ1v) is 7.77. The third kappa shape index (κ3) is 8.29. The number of aliphatic imine (C=N–C) groups is 1. The maximum Gasteiger partial charge on any atom is 0.193 e. The highest BCUT2D eigenvalue weighted by Gasteiger charge is 2.15. The van der Waals surface area contributed by atoms with Crippen LogP contribution in [0.4, 0.5) is 0 Å². The summed E-state index contributed by atoms with van der Waals surface area (Å²) in [5.41, 5.74) is 0. The van der Waals surface area contributed by atoms with Crippen molar-refractivity contribution >= 4 is 29.9 Å². The Morgan fingerprint density at radius 3 is 2.60 bits per heavy atom. The molecule has 1 aliphatic heterocycles. The number of nitrogens with one attached hydrogen (secondary N) is 1. The Bertz CT molecular complexity index is 256. The first-order valence-electron chi connectivity index (χ1n) is 7.77. The summed E-state index contributed by atoms with van der Waals surface area (Å²) in [4.78, 5) is 6.61. The molecule has 0 radical (unpaired) electrons. The second kappa shape index (κ2) is 12.7. The molecule has 1 N–H and O–H groups in total. The molecule has 0 unspecified atom stereocenters. The Morgan fingerprint density at radius 2 is 2.00 bits per heavy atom. The van der Waals surface area contributed by atoms with Gasteiger partial charge in [-0.2, -0.15) is 0 Å². The molecule has 4 nitrogen and oxygen atoms in total. The van der Waals surface area contributed by atoms with Crippen molar-refractivity contribution in [1.82, 2.24) is 10.2 Å². The lowest BCUT2D eigenvalue weighted by molar-refractivity contribution is 0.0625. The first-order chi connectivity index (χ1) is 9.27. The van der Waals surface area contributed by atoms with Crippen LogP contribution in [0.1, 0.15) is 45.4 Å². The van der Waals surface area contributed by atoms with Gasteiger partial charge in [0, 0.05) is 40.4 Å². The van der Waals surface area contributed by atoms with Crippen LogP contribution in [0, 0.1) is 5.92 Å². The van der Waals surface area contributed by atoms with Crippen LogP contribution in [0.25, 0.3) is 0 Å². The summed E-state index contributed by atoms with van der Waals surface area (Å²) in [5, 5.41) is 3.44. The van der Waals surface area contributed by atoms with E-state index < -0.39 is 0 Å². The number of unbranched alkanes of at least 4 members (excludes halogenated alkanes) is 2. The molecule has 0 aromatic heterocycles. The van der Waals surface area contributed by atoms with Crippen molar-refractivity contribution in [3.05, 3.63) is 0 Å². The largest absolute Gasteiger partial charge is 0.381 e. The van der Waals surface area contributed by atoms with Crippen LogP contribution >= 0.6 is 24.0 Å². The SMILES string of the molecule is CCCCCNC(=NC)N(C)CCC1CCOCC1.I. The van der Waals surface area contributed by atoms with Crippen LogP contribution in [-0.2, 0) is 4.74 Å². The second-order valence-electron chi connectivity index (χ2n) is 5.45. The van der Waals surface area contributed by atoms with E-state index in [1.54, 1.807) is 0 Å². The van der Waals surface area contributed by atoms with Crippen LogP contribution in [0.2, 0.25) is 0 Å². The summed E-state index contributed by atoms with van der Waals surface area (Å²) in [6, 6.07) is 0. The van der Waals surface area contributed by atoms with E-state index in [0.717, 1.165) is 38.2 Å². The predicted molar refractivity (Wildman–Crippen MR) is 97.1 cm³/mol. The van der Waals surface area contributed by atoms with E-state index in [-0.39, 0.29) is 24.0 Å². The van der Waals surface area contributed by atoms with Gasteiger partial charge in [0.25, 0.3) is 0 Å². The average molecular weight is 397 g/mol. The first kappa shape index (κ1) is 20.0. The molecule has 0 atom stereocenters. The summed E-state index contributed by atoms with van der Waals surface area (Å²) in [6.45, 7) is 6.23. The highest BCUT2D eigenvalue weighted by atomic mass is 127. The number of halogens is 1. The number of hydrogen-bond acceptors (Lipinski definition) is 2. The molecule has 1 heterocycles. The molecule has 0 aliphatic carbocycles. The third-order valence-corrected chi connectivity index (χ3v) is 3.85. The minimum atomic E-state index is 0.